The highest BCUT2D eigenvalue weighted by Crippen LogP contribution is 2.26. The molecule has 94 valence electrons. The van der Waals surface area contributed by atoms with Crippen LogP contribution < -0.4 is 5.32 Å². The third kappa shape index (κ3) is 2.98. The van der Waals surface area contributed by atoms with Crippen LogP contribution in [0.5, 0.6) is 5.75 Å². The van der Waals surface area contributed by atoms with Gasteiger partial charge >= 0.3 is 0 Å². The SMILES string of the molecule is OCC1(CNCc2cc(O)ccc2Br)COC1. The molecule has 1 aromatic rings. The Kier molecular flexibility index (Phi) is 4.04. The lowest BCUT2D eigenvalue weighted by atomic mass is 9.87. The van der Waals surface area contributed by atoms with Gasteiger partial charge in [0.15, 0.2) is 0 Å². The van der Waals surface area contributed by atoms with Gasteiger partial charge < -0.3 is 20.3 Å². The first kappa shape index (κ1) is 12.8. The van der Waals surface area contributed by atoms with Gasteiger partial charge in [0.1, 0.15) is 5.75 Å². The highest BCUT2D eigenvalue weighted by molar-refractivity contribution is 9.10. The summed E-state index contributed by atoms with van der Waals surface area (Å²) < 4.78 is 6.09. The molecule has 0 bridgehead atoms. The average Bonchev–Trinajstić information content (AvgIpc) is 2.27. The van der Waals surface area contributed by atoms with E-state index in [1.165, 1.54) is 0 Å². The Morgan fingerprint density at radius 1 is 1.41 bits per heavy atom. The van der Waals surface area contributed by atoms with Gasteiger partial charge in [0, 0.05) is 17.6 Å². The Morgan fingerprint density at radius 3 is 2.76 bits per heavy atom. The van der Waals surface area contributed by atoms with Crippen molar-refractivity contribution in [2.24, 2.45) is 5.41 Å². The molecular weight excluding hydrogens is 286 g/mol. The van der Waals surface area contributed by atoms with E-state index in [9.17, 15) is 10.2 Å². The van der Waals surface area contributed by atoms with Gasteiger partial charge in [0.2, 0.25) is 0 Å². The molecule has 17 heavy (non-hydrogen) atoms. The number of hydrogen-bond donors (Lipinski definition) is 3. The largest absolute Gasteiger partial charge is 0.508 e. The van der Waals surface area contributed by atoms with Crippen molar-refractivity contribution in [1.29, 1.82) is 0 Å². The van der Waals surface area contributed by atoms with Crippen molar-refractivity contribution in [2.45, 2.75) is 6.54 Å². The quantitative estimate of drug-likeness (QED) is 0.766. The monoisotopic (exact) mass is 301 g/mol. The summed E-state index contributed by atoms with van der Waals surface area (Å²) in [6.45, 7) is 2.72. The summed E-state index contributed by atoms with van der Waals surface area (Å²) in [5.74, 6) is 0.258. The van der Waals surface area contributed by atoms with Crippen LogP contribution in [0.15, 0.2) is 22.7 Å². The summed E-state index contributed by atoms with van der Waals surface area (Å²) in [5, 5.41) is 21.9. The lowest BCUT2D eigenvalue weighted by molar-refractivity contribution is -0.134. The predicted octanol–water partition coefficient (Wildman–Crippen LogP) is 1.25. The highest BCUT2D eigenvalue weighted by Gasteiger charge is 2.37. The maximum atomic E-state index is 9.39. The summed E-state index contributed by atoms with van der Waals surface area (Å²) in [7, 11) is 0. The summed E-state index contributed by atoms with van der Waals surface area (Å²) in [5.41, 5.74) is 0.877. The molecule has 0 aliphatic carbocycles. The van der Waals surface area contributed by atoms with E-state index in [4.69, 9.17) is 4.74 Å². The second-order valence-corrected chi connectivity index (χ2v) is 5.38. The molecule has 0 saturated carbocycles. The molecule has 0 atom stereocenters. The summed E-state index contributed by atoms with van der Waals surface area (Å²) in [6, 6.07) is 5.18. The second-order valence-electron chi connectivity index (χ2n) is 4.53. The van der Waals surface area contributed by atoms with Gasteiger partial charge in [-0.3, -0.25) is 0 Å². The van der Waals surface area contributed by atoms with Crippen molar-refractivity contribution in [3.8, 4) is 5.75 Å². The molecule has 1 saturated heterocycles. The third-order valence-electron chi connectivity index (χ3n) is 3.00. The number of aliphatic hydroxyl groups is 1. The van der Waals surface area contributed by atoms with Crippen LogP contribution in [-0.4, -0.2) is 36.6 Å². The number of ether oxygens (including phenoxy) is 1. The lowest BCUT2D eigenvalue weighted by Gasteiger charge is -2.40. The highest BCUT2D eigenvalue weighted by atomic mass is 79.9. The van der Waals surface area contributed by atoms with Gasteiger partial charge in [-0.2, -0.15) is 0 Å². The molecule has 1 heterocycles. The van der Waals surface area contributed by atoms with E-state index in [0.29, 0.717) is 26.3 Å². The van der Waals surface area contributed by atoms with Crippen LogP contribution in [0.3, 0.4) is 0 Å². The average molecular weight is 302 g/mol. The molecule has 0 aromatic heterocycles. The van der Waals surface area contributed by atoms with Crippen LogP contribution >= 0.6 is 15.9 Å². The van der Waals surface area contributed by atoms with Gasteiger partial charge in [-0.05, 0) is 23.8 Å². The Hall–Kier alpha value is -0.620. The number of nitrogens with one attached hydrogen (secondary N) is 1. The normalized spacial score (nSPS) is 17.8. The van der Waals surface area contributed by atoms with Gasteiger partial charge in [-0.25, -0.2) is 0 Å². The van der Waals surface area contributed by atoms with E-state index in [2.05, 4.69) is 21.2 Å². The number of phenolic OH excluding ortho intramolecular Hbond substituents is 1. The van der Waals surface area contributed by atoms with Gasteiger partial charge in [-0.1, -0.05) is 15.9 Å². The van der Waals surface area contributed by atoms with Crippen LogP contribution in [0.1, 0.15) is 5.56 Å². The first-order valence-corrected chi connectivity index (χ1v) is 6.31. The minimum atomic E-state index is -0.122. The zero-order valence-electron chi connectivity index (χ0n) is 9.45. The van der Waals surface area contributed by atoms with E-state index in [1.807, 2.05) is 6.07 Å². The number of aromatic hydroxyl groups is 1. The van der Waals surface area contributed by atoms with E-state index in [1.54, 1.807) is 12.1 Å². The van der Waals surface area contributed by atoms with Crippen molar-refractivity contribution >= 4 is 15.9 Å². The molecule has 0 unspecified atom stereocenters. The van der Waals surface area contributed by atoms with E-state index in [-0.39, 0.29) is 17.8 Å². The number of hydrogen-bond acceptors (Lipinski definition) is 4. The molecule has 5 heteroatoms. The minimum absolute atomic E-state index is 0.122. The number of benzene rings is 1. The van der Waals surface area contributed by atoms with Crippen LogP contribution in [0.4, 0.5) is 0 Å². The fourth-order valence-electron chi connectivity index (χ4n) is 1.80. The zero-order valence-corrected chi connectivity index (χ0v) is 11.0. The first-order chi connectivity index (χ1) is 8.15. The Bertz CT molecular complexity index is 388. The lowest BCUT2D eigenvalue weighted by Crippen LogP contribution is -2.52. The molecule has 1 aromatic carbocycles. The van der Waals surface area contributed by atoms with Crippen LogP contribution in [0.25, 0.3) is 0 Å². The smallest absolute Gasteiger partial charge is 0.115 e. The van der Waals surface area contributed by atoms with Crippen LogP contribution in [-0.2, 0) is 11.3 Å². The fourth-order valence-corrected chi connectivity index (χ4v) is 2.19. The van der Waals surface area contributed by atoms with E-state index >= 15 is 0 Å². The number of aliphatic hydroxyl groups excluding tert-OH is 1. The number of phenols is 1. The van der Waals surface area contributed by atoms with Crippen molar-refractivity contribution in [3.05, 3.63) is 28.2 Å². The summed E-state index contributed by atoms with van der Waals surface area (Å²) >= 11 is 3.43. The van der Waals surface area contributed by atoms with E-state index in [0.717, 1.165) is 10.0 Å². The Balaban J connectivity index is 1.87. The van der Waals surface area contributed by atoms with Gasteiger partial charge in [-0.15, -0.1) is 0 Å². The molecule has 4 nitrogen and oxygen atoms in total. The number of rotatable bonds is 5. The molecular formula is C12H16BrNO3. The molecule has 2 rings (SSSR count). The second kappa shape index (κ2) is 5.35. The fraction of sp³-hybridized carbons (Fsp3) is 0.500. The standard InChI is InChI=1S/C12H16BrNO3/c13-11-2-1-10(16)3-9(11)4-14-5-12(6-15)7-17-8-12/h1-3,14-16H,4-8H2. The van der Waals surface area contributed by atoms with Gasteiger partial charge in [0.25, 0.3) is 0 Å². The third-order valence-corrected chi connectivity index (χ3v) is 3.77. The Morgan fingerprint density at radius 2 is 2.18 bits per heavy atom. The summed E-state index contributed by atoms with van der Waals surface area (Å²) in [4.78, 5) is 0. The molecule has 0 spiro atoms. The van der Waals surface area contributed by atoms with Crippen molar-refractivity contribution in [2.75, 3.05) is 26.4 Å². The first-order valence-electron chi connectivity index (χ1n) is 5.52. The molecule has 1 aliphatic rings. The molecule has 0 radical (unpaired) electrons. The van der Waals surface area contributed by atoms with Crippen LogP contribution in [0.2, 0.25) is 0 Å². The molecule has 0 amide bonds. The minimum Gasteiger partial charge on any atom is -0.508 e. The topological polar surface area (TPSA) is 61.7 Å². The zero-order chi connectivity index (χ0) is 12.3. The molecule has 1 aliphatic heterocycles. The molecule has 1 fully saturated rings. The van der Waals surface area contributed by atoms with Crippen molar-refractivity contribution in [1.82, 2.24) is 5.32 Å². The number of halogens is 1. The van der Waals surface area contributed by atoms with Crippen LogP contribution in [0, 0.1) is 5.41 Å². The van der Waals surface area contributed by atoms with Crippen molar-refractivity contribution in [3.63, 3.8) is 0 Å². The Labute approximate surface area is 109 Å². The maximum absolute atomic E-state index is 9.39. The maximum Gasteiger partial charge on any atom is 0.115 e. The molecule has 3 N–H and O–H groups in total. The predicted molar refractivity (Wildman–Crippen MR) is 67.9 cm³/mol. The summed E-state index contributed by atoms with van der Waals surface area (Å²) in [6.07, 6.45) is 0. The van der Waals surface area contributed by atoms with Gasteiger partial charge in [0.05, 0.1) is 25.2 Å². The van der Waals surface area contributed by atoms with E-state index < -0.39 is 0 Å². The van der Waals surface area contributed by atoms with Crippen molar-refractivity contribution < 1.29 is 14.9 Å².